The molecule has 4 rings (SSSR count). The number of hydrogen-bond acceptors (Lipinski definition) is 0. The van der Waals surface area contributed by atoms with Crippen molar-refractivity contribution in [3.63, 3.8) is 0 Å². The van der Waals surface area contributed by atoms with Crippen molar-refractivity contribution in [2.45, 2.75) is 91.4 Å². The molecule has 0 bridgehead atoms. The number of rotatable bonds is 1. The maximum Gasteiger partial charge on any atom is -0.00852 e. The summed E-state index contributed by atoms with van der Waals surface area (Å²) >= 11 is 0. The Labute approximate surface area is 138 Å². The lowest BCUT2D eigenvalue weighted by molar-refractivity contribution is -0.0972. The summed E-state index contributed by atoms with van der Waals surface area (Å²) in [6, 6.07) is 0. The first-order valence-electron chi connectivity index (χ1n) is 10.3. The highest BCUT2D eigenvalue weighted by atomic mass is 14.6. The van der Waals surface area contributed by atoms with Gasteiger partial charge in [0, 0.05) is 0 Å². The maximum atomic E-state index is 2.70. The van der Waals surface area contributed by atoms with Gasteiger partial charge in [0.1, 0.15) is 0 Å². The fourth-order valence-corrected chi connectivity index (χ4v) is 7.72. The number of hydrogen-bond donors (Lipinski definition) is 0. The van der Waals surface area contributed by atoms with E-state index in [-0.39, 0.29) is 0 Å². The number of allylic oxidation sites excluding steroid dienone is 2. The Morgan fingerprint density at radius 1 is 0.955 bits per heavy atom. The summed E-state index contributed by atoms with van der Waals surface area (Å²) in [5.41, 5.74) is 3.13. The Bertz CT molecular complexity index is 461. The molecule has 0 aromatic carbocycles. The summed E-state index contributed by atoms with van der Waals surface area (Å²) in [4.78, 5) is 0. The second kappa shape index (κ2) is 5.38. The van der Waals surface area contributed by atoms with E-state index in [0.29, 0.717) is 10.8 Å². The van der Waals surface area contributed by atoms with Gasteiger partial charge in [-0.25, -0.2) is 0 Å². The van der Waals surface area contributed by atoms with Gasteiger partial charge in [0.2, 0.25) is 0 Å². The van der Waals surface area contributed by atoms with Crippen LogP contribution in [-0.4, -0.2) is 0 Å². The predicted octanol–water partition coefficient (Wildman–Crippen LogP) is 6.76. The summed E-state index contributed by atoms with van der Waals surface area (Å²) < 4.78 is 0. The van der Waals surface area contributed by atoms with Crippen molar-refractivity contribution in [1.82, 2.24) is 0 Å². The molecule has 6 atom stereocenters. The summed E-state index contributed by atoms with van der Waals surface area (Å²) in [5.74, 6) is 4.20. The minimum atomic E-state index is 0.578. The highest BCUT2D eigenvalue weighted by molar-refractivity contribution is 5.24. The summed E-state index contributed by atoms with van der Waals surface area (Å²) in [7, 11) is 0. The lowest BCUT2D eigenvalue weighted by Crippen LogP contribution is -2.52. The smallest absolute Gasteiger partial charge is 0.00852 e. The topological polar surface area (TPSA) is 0 Å². The molecule has 0 saturated heterocycles. The summed E-state index contributed by atoms with van der Waals surface area (Å²) in [5, 5.41) is 0. The molecule has 4 aliphatic rings. The van der Waals surface area contributed by atoms with Gasteiger partial charge in [0.05, 0.1) is 0 Å². The fraction of sp³-hybridized carbons (Fsp3) is 0.909. The van der Waals surface area contributed by atoms with Crippen LogP contribution in [0, 0.1) is 34.5 Å². The van der Waals surface area contributed by atoms with Crippen LogP contribution >= 0.6 is 0 Å². The van der Waals surface area contributed by atoms with Gasteiger partial charge >= 0.3 is 0 Å². The van der Waals surface area contributed by atoms with E-state index < -0.39 is 0 Å². The normalized spacial score (nSPS) is 53.0. The second-order valence-corrected chi connectivity index (χ2v) is 9.54. The van der Waals surface area contributed by atoms with Crippen LogP contribution in [0.15, 0.2) is 11.6 Å². The van der Waals surface area contributed by atoms with Gasteiger partial charge in [0.15, 0.2) is 0 Å². The van der Waals surface area contributed by atoms with Crippen molar-refractivity contribution in [3.8, 4) is 0 Å². The van der Waals surface area contributed by atoms with Crippen molar-refractivity contribution in [2.24, 2.45) is 34.5 Å². The molecule has 0 aliphatic heterocycles. The average Bonchev–Trinajstić information content (AvgIpc) is 2.84. The van der Waals surface area contributed by atoms with Crippen LogP contribution in [0.1, 0.15) is 91.4 Å². The average molecular weight is 301 g/mol. The van der Waals surface area contributed by atoms with E-state index in [0.717, 1.165) is 23.7 Å². The molecule has 0 spiro atoms. The quantitative estimate of drug-likeness (QED) is 0.469. The van der Waals surface area contributed by atoms with Crippen LogP contribution in [0.2, 0.25) is 0 Å². The molecule has 0 amide bonds. The molecule has 0 aromatic heterocycles. The van der Waals surface area contributed by atoms with Gasteiger partial charge in [0.25, 0.3) is 0 Å². The van der Waals surface area contributed by atoms with Gasteiger partial charge in [-0.15, -0.1) is 0 Å². The van der Waals surface area contributed by atoms with Crippen LogP contribution < -0.4 is 0 Å². The van der Waals surface area contributed by atoms with Crippen LogP contribution in [0.3, 0.4) is 0 Å². The second-order valence-electron chi connectivity index (χ2n) is 9.54. The molecule has 4 fully saturated rings. The van der Waals surface area contributed by atoms with Gasteiger partial charge in [-0.1, -0.05) is 45.3 Å². The molecule has 4 aliphatic carbocycles. The van der Waals surface area contributed by atoms with Gasteiger partial charge < -0.3 is 0 Å². The third-order valence-corrected chi connectivity index (χ3v) is 8.88. The molecule has 0 nitrogen and oxygen atoms in total. The standard InChI is InChI=1S/C22H36/c1-4-7-16-10-12-19-18-11-9-17-8-5-6-14-21(17,2)20(18)13-15-22(16,19)3/h7,17-20H,4-6,8-15H2,1-3H3/t17?,18-,19-,20-,21-,22+/m0/s1. The Morgan fingerprint density at radius 3 is 2.64 bits per heavy atom. The third-order valence-electron chi connectivity index (χ3n) is 8.88. The first-order valence-corrected chi connectivity index (χ1v) is 10.3. The van der Waals surface area contributed by atoms with Gasteiger partial charge in [-0.2, -0.15) is 0 Å². The fourth-order valence-electron chi connectivity index (χ4n) is 7.72. The van der Waals surface area contributed by atoms with Crippen LogP contribution in [0.25, 0.3) is 0 Å². The Hall–Kier alpha value is -0.260. The zero-order valence-corrected chi connectivity index (χ0v) is 15.2. The van der Waals surface area contributed by atoms with Crippen LogP contribution in [0.5, 0.6) is 0 Å². The molecule has 124 valence electrons. The van der Waals surface area contributed by atoms with Crippen molar-refractivity contribution in [2.75, 3.05) is 0 Å². The lowest BCUT2D eigenvalue weighted by Gasteiger charge is -2.60. The van der Waals surface area contributed by atoms with Crippen molar-refractivity contribution in [1.29, 1.82) is 0 Å². The van der Waals surface area contributed by atoms with E-state index in [1.807, 2.05) is 5.57 Å². The third kappa shape index (κ3) is 2.01. The largest absolute Gasteiger partial charge is 0.0850 e. The highest BCUT2D eigenvalue weighted by Crippen LogP contribution is 2.67. The van der Waals surface area contributed by atoms with Crippen molar-refractivity contribution >= 4 is 0 Å². The molecule has 0 radical (unpaired) electrons. The monoisotopic (exact) mass is 300 g/mol. The van der Waals surface area contributed by atoms with Gasteiger partial charge in [-0.05, 0) is 92.3 Å². The lowest BCUT2D eigenvalue weighted by atomic mass is 9.45. The maximum absolute atomic E-state index is 2.70. The molecular formula is C22H36. The van der Waals surface area contributed by atoms with Crippen LogP contribution in [-0.2, 0) is 0 Å². The first-order chi connectivity index (χ1) is 10.6. The van der Waals surface area contributed by atoms with E-state index in [1.165, 1.54) is 44.9 Å². The van der Waals surface area contributed by atoms with Gasteiger partial charge in [-0.3, -0.25) is 0 Å². The van der Waals surface area contributed by atoms with Crippen molar-refractivity contribution < 1.29 is 0 Å². The zero-order chi connectivity index (χ0) is 15.4. The summed E-state index contributed by atoms with van der Waals surface area (Å²) in [6.07, 6.45) is 19.0. The molecule has 0 heterocycles. The number of fused-ring (bicyclic) bond motifs is 5. The molecule has 0 heteroatoms. The SMILES string of the molecule is CCC=C1CC[C@H]2[C@@H]3CCC4CCCC[C@]4(C)[C@H]3CC[C@]12C. The molecule has 1 unspecified atom stereocenters. The highest BCUT2D eigenvalue weighted by Gasteiger charge is 2.58. The zero-order valence-electron chi connectivity index (χ0n) is 15.2. The molecular weight excluding hydrogens is 264 g/mol. The Kier molecular flexibility index (Phi) is 3.74. The molecule has 4 saturated carbocycles. The first kappa shape index (κ1) is 15.3. The Balaban J connectivity index is 1.63. The van der Waals surface area contributed by atoms with E-state index in [1.54, 1.807) is 25.7 Å². The van der Waals surface area contributed by atoms with E-state index in [9.17, 15) is 0 Å². The minimum absolute atomic E-state index is 0.578. The minimum Gasteiger partial charge on any atom is -0.0850 e. The molecule has 22 heavy (non-hydrogen) atoms. The summed E-state index contributed by atoms with van der Waals surface area (Å²) in [6.45, 7) is 7.66. The van der Waals surface area contributed by atoms with Crippen molar-refractivity contribution in [3.05, 3.63) is 11.6 Å². The van der Waals surface area contributed by atoms with Crippen LogP contribution in [0.4, 0.5) is 0 Å². The van der Waals surface area contributed by atoms with E-state index in [4.69, 9.17) is 0 Å². The molecule has 0 N–H and O–H groups in total. The molecule has 0 aromatic rings. The van der Waals surface area contributed by atoms with E-state index >= 15 is 0 Å². The Morgan fingerprint density at radius 2 is 1.82 bits per heavy atom. The van der Waals surface area contributed by atoms with E-state index in [2.05, 4.69) is 26.8 Å². The predicted molar refractivity (Wildman–Crippen MR) is 94.7 cm³/mol.